The lowest BCUT2D eigenvalue weighted by molar-refractivity contribution is -0.121. The Balaban J connectivity index is 1.84. The van der Waals surface area contributed by atoms with Crippen LogP contribution in [0.5, 0.6) is 11.5 Å². The first kappa shape index (κ1) is 13.0. The van der Waals surface area contributed by atoms with E-state index in [2.05, 4.69) is 15.6 Å². The SMILES string of the molecule is CCOC(=O)NNC(=O)Cc1ccc2c(c1)OCO2. The van der Waals surface area contributed by atoms with Gasteiger partial charge in [-0.2, -0.15) is 0 Å². The fourth-order valence-corrected chi connectivity index (χ4v) is 1.57. The van der Waals surface area contributed by atoms with E-state index in [1.54, 1.807) is 25.1 Å². The van der Waals surface area contributed by atoms with Gasteiger partial charge >= 0.3 is 6.09 Å². The third-order valence-electron chi connectivity index (χ3n) is 2.38. The minimum atomic E-state index is -0.693. The predicted octanol–water partition coefficient (Wildman–Crippen LogP) is 0.735. The van der Waals surface area contributed by atoms with Gasteiger partial charge in [0.25, 0.3) is 0 Å². The maximum atomic E-state index is 11.6. The van der Waals surface area contributed by atoms with Gasteiger partial charge in [-0.3, -0.25) is 10.2 Å². The second-order valence-electron chi connectivity index (χ2n) is 3.76. The largest absolute Gasteiger partial charge is 0.454 e. The molecule has 1 aliphatic heterocycles. The molecule has 0 spiro atoms. The Hall–Kier alpha value is -2.44. The Kier molecular flexibility index (Phi) is 4.07. The number of rotatable bonds is 3. The van der Waals surface area contributed by atoms with Gasteiger partial charge in [0.05, 0.1) is 13.0 Å². The van der Waals surface area contributed by atoms with Gasteiger partial charge in [0, 0.05) is 0 Å². The topological polar surface area (TPSA) is 85.9 Å². The first-order valence-corrected chi connectivity index (χ1v) is 5.79. The first-order valence-electron chi connectivity index (χ1n) is 5.79. The molecule has 0 fully saturated rings. The fraction of sp³-hybridized carbons (Fsp3) is 0.333. The molecular weight excluding hydrogens is 252 g/mol. The number of nitrogens with one attached hydrogen (secondary N) is 2. The van der Waals surface area contributed by atoms with E-state index >= 15 is 0 Å². The highest BCUT2D eigenvalue weighted by atomic mass is 16.7. The van der Waals surface area contributed by atoms with Gasteiger partial charge in [-0.1, -0.05) is 6.07 Å². The summed E-state index contributed by atoms with van der Waals surface area (Å²) < 4.78 is 15.0. The van der Waals surface area contributed by atoms with Gasteiger partial charge < -0.3 is 14.2 Å². The van der Waals surface area contributed by atoms with Crippen LogP contribution < -0.4 is 20.3 Å². The van der Waals surface area contributed by atoms with Crippen molar-refractivity contribution in [3.05, 3.63) is 23.8 Å². The molecular formula is C12H14N2O5. The Bertz CT molecular complexity index is 489. The van der Waals surface area contributed by atoms with Crippen molar-refractivity contribution in [1.29, 1.82) is 0 Å². The average molecular weight is 266 g/mol. The summed E-state index contributed by atoms with van der Waals surface area (Å²) in [7, 11) is 0. The maximum Gasteiger partial charge on any atom is 0.426 e. The standard InChI is InChI=1S/C12H14N2O5/c1-2-17-12(16)14-13-11(15)6-8-3-4-9-10(5-8)19-7-18-9/h3-5H,2,6-7H2,1H3,(H,13,15)(H,14,16). The van der Waals surface area contributed by atoms with Gasteiger partial charge in [0.1, 0.15) is 0 Å². The fourth-order valence-electron chi connectivity index (χ4n) is 1.57. The molecule has 0 atom stereocenters. The van der Waals surface area contributed by atoms with Crippen molar-refractivity contribution in [2.24, 2.45) is 0 Å². The minimum absolute atomic E-state index is 0.114. The highest BCUT2D eigenvalue weighted by molar-refractivity contribution is 5.81. The van der Waals surface area contributed by atoms with Gasteiger partial charge in [-0.05, 0) is 24.6 Å². The van der Waals surface area contributed by atoms with Crippen LogP contribution in [0.2, 0.25) is 0 Å². The summed E-state index contributed by atoms with van der Waals surface area (Å²) in [5.41, 5.74) is 5.14. The lowest BCUT2D eigenvalue weighted by atomic mass is 10.1. The van der Waals surface area contributed by atoms with Crippen LogP contribution in [0.3, 0.4) is 0 Å². The van der Waals surface area contributed by atoms with Gasteiger partial charge in [-0.25, -0.2) is 10.2 Å². The summed E-state index contributed by atoms with van der Waals surface area (Å²) in [6.07, 6.45) is -0.579. The lowest BCUT2D eigenvalue weighted by Crippen LogP contribution is -2.42. The average Bonchev–Trinajstić information content (AvgIpc) is 2.84. The number of carbonyl (C=O) groups is 2. The molecule has 0 bridgehead atoms. The van der Waals surface area contributed by atoms with Gasteiger partial charge in [0.2, 0.25) is 12.7 Å². The number of benzene rings is 1. The van der Waals surface area contributed by atoms with Crippen LogP contribution >= 0.6 is 0 Å². The van der Waals surface area contributed by atoms with Crippen LogP contribution in [0.4, 0.5) is 4.79 Å². The highest BCUT2D eigenvalue weighted by Crippen LogP contribution is 2.32. The third-order valence-corrected chi connectivity index (χ3v) is 2.38. The minimum Gasteiger partial charge on any atom is -0.454 e. The van der Waals surface area contributed by atoms with Crippen LogP contribution in [0.25, 0.3) is 0 Å². The molecule has 0 radical (unpaired) electrons. The van der Waals surface area contributed by atoms with Crippen LogP contribution in [0.1, 0.15) is 12.5 Å². The van der Waals surface area contributed by atoms with Gasteiger partial charge in [0.15, 0.2) is 11.5 Å². The number of carbonyl (C=O) groups excluding carboxylic acids is 2. The Morgan fingerprint density at radius 3 is 2.84 bits per heavy atom. The molecule has 1 aromatic carbocycles. The first-order chi connectivity index (χ1) is 9.19. The van der Waals surface area contributed by atoms with Crippen molar-refractivity contribution in [3.8, 4) is 11.5 Å². The van der Waals surface area contributed by atoms with E-state index in [-0.39, 0.29) is 25.7 Å². The third kappa shape index (κ3) is 3.51. The summed E-state index contributed by atoms with van der Waals surface area (Å²) >= 11 is 0. The van der Waals surface area contributed by atoms with Crippen molar-refractivity contribution in [2.45, 2.75) is 13.3 Å². The van der Waals surface area contributed by atoms with E-state index in [0.29, 0.717) is 11.5 Å². The van der Waals surface area contributed by atoms with E-state index in [4.69, 9.17) is 9.47 Å². The summed E-state index contributed by atoms with van der Waals surface area (Å²) in [4.78, 5) is 22.5. The zero-order valence-corrected chi connectivity index (χ0v) is 10.4. The monoisotopic (exact) mass is 266 g/mol. The van der Waals surface area contributed by atoms with E-state index in [1.165, 1.54) is 0 Å². The number of hydrogen-bond donors (Lipinski definition) is 2. The molecule has 2 N–H and O–H groups in total. The summed E-state index contributed by atoms with van der Waals surface area (Å²) in [6.45, 7) is 2.10. The second kappa shape index (κ2) is 5.94. The molecule has 0 unspecified atom stereocenters. The summed E-state index contributed by atoms with van der Waals surface area (Å²) in [6, 6.07) is 5.23. The summed E-state index contributed by atoms with van der Waals surface area (Å²) in [5, 5.41) is 0. The van der Waals surface area contributed by atoms with E-state index in [0.717, 1.165) is 5.56 Å². The zero-order chi connectivity index (χ0) is 13.7. The maximum absolute atomic E-state index is 11.6. The van der Waals surface area contributed by atoms with Crippen molar-refractivity contribution in [3.63, 3.8) is 0 Å². The lowest BCUT2D eigenvalue weighted by Gasteiger charge is -2.07. The molecule has 0 saturated heterocycles. The molecule has 1 aromatic rings. The van der Waals surface area contributed by atoms with Crippen molar-refractivity contribution in [1.82, 2.24) is 10.9 Å². The van der Waals surface area contributed by atoms with Crippen molar-refractivity contribution >= 4 is 12.0 Å². The van der Waals surface area contributed by atoms with E-state index in [1.807, 2.05) is 0 Å². The number of hydrogen-bond acceptors (Lipinski definition) is 5. The second-order valence-corrected chi connectivity index (χ2v) is 3.76. The number of fused-ring (bicyclic) bond motifs is 1. The molecule has 7 heteroatoms. The Labute approximate surface area is 109 Å². The molecule has 2 amide bonds. The number of amides is 2. The quantitative estimate of drug-likeness (QED) is 0.788. The molecule has 0 saturated carbocycles. The van der Waals surface area contributed by atoms with E-state index in [9.17, 15) is 9.59 Å². The van der Waals surface area contributed by atoms with Crippen LogP contribution in [0.15, 0.2) is 18.2 Å². The zero-order valence-electron chi connectivity index (χ0n) is 10.4. The van der Waals surface area contributed by atoms with E-state index < -0.39 is 6.09 Å². The van der Waals surface area contributed by atoms with Crippen molar-refractivity contribution < 1.29 is 23.8 Å². The molecule has 1 heterocycles. The molecule has 0 aromatic heterocycles. The molecule has 1 aliphatic rings. The molecule has 2 rings (SSSR count). The van der Waals surface area contributed by atoms with Crippen LogP contribution in [0, 0.1) is 0 Å². The smallest absolute Gasteiger partial charge is 0.426 e. The molecule has 102 valence electrons. The number of ether oxygens (including phenoxy) is 3. The molecule has 19 heavy (non-hydrogen) atoms. The predicted molar refractivity (Wildman–Crippen MR) is 64.6 cm³/mol. The molecule has 7 nitrogen and oxygen atoms in total. The van der Waals surface area contributed by atoms with Crippen molar-refractivity contribution in [2.75, 3.05) is 13.4 Å². The Morgan fingerprint density at radius 1 is 1.26 bits per heavy atom. The van der Waals surface area contributed by atoms with Crippen LogP contribution in [-0.4, -0.2) is 25.4 Å². The number of hydrazine groups is 1. The van der Waals surface area contributed by atoms with Gasteiger partial charge in [-0.15, -0.1) is 0 Å². The molecule has 0 aliphatic carbocycles. The Morgan fingerprint density at radius 2 is 2.05 bits per heavy atom. The normalized spacial score (nSPS) is 11.8. The van der Waals surface area contributed by atoms with Crippen LogP contribution in [-0.2, 0) is 16.0 Å². The highest BCUT2D eigenvalue weighted by Gasteiger charge is 2.14. The summed E-state index contributed by atoms with van der Waals surface area (Å²) in [5.74, 6) is 0.921.